The topological polar surface area (TPSA) is 75.7 Å². The number of carbonyl (C=O) groups is 1. The molecule has 1 N–H and O–H groups in total. The maximum Gasteiger partial charge on any atom is 0.264 e. The Labute approximate surface area is 200 Å². The third-order valence-electron chi connectivity index (χ3n) is 5.05. The van der Waals surface area contributed by atoms with Crippen LogP contribution in [0.4, 0.5) is 5.69 Å². The van der Waals surface area contributed by atoms with Gasteiger partial charge in [-0.2, -0.15) is 0 Å². The Kier molecular flexibility index (Phi) is 8.00. The molecule has 0 aliphatic rings. The number of ether oxygens (including phenoxy) is 1. The van der Waals surface area contributed by atoms with Crippen LogP contribution in [-0.4, -0.2) is 34.0 Å². The molecule has 0 atom stereocenters. The van der Waals surface area contributed by atoms with Crippen molar-refractivity contribution in [1.29, 1.82) is 0 Å². The fraction of sp³-hybridized carbons (Fsp3) is 0.240. The largest absolute Gasteiger partial charge is 0.492 e. The lowest BCUT2D eigenvalue weighted by Crippen LogP contribution is -2.42. The highest BCUT2D eigenvalue weighted by molar-refractivity contribution is 7.92. The normalized spacial score (nSPS) is 11.2. The molecule has 3 aromatic carbocycles. The number of benzene rings is 3. The molecule has 0 aliphatic heterocycles. The Hall–Kier alpha value is -3.03. The van der Waals surface area contributed by atoms with Crippen LogP contribution in [0.1, 0.15) is 16.7 Å². The summed E-state index contributed by atoms with van der Waals surface area (Å²) in [5.41, 5.74) is 3.10. The number of hydrogen-bond donors (Lipinski definition) is 1. The first-order valence-electron chi connectivity index (χ1n) is 10.5. The number of rotatable bonds is 9. The Bertz CT molecular complexity index is 1210. The lowest BCUT2D eigenvalue weighted by Gasteiger charge is -2.26. The number of carbonyl (C=O) groups excluding carboxylic acids is 1. The number of sulfonamides is 1. The molecular weight excluding hydrogens is 460 g/mol. The SMILES string of the molecule is Cc1ccc(OCCNC(=O)CN(c2cc(Cl)ccc2C)S(=O)(=O)c2ccc(C)cc2)cc1. The molecule has 0 fully saturated rings. The van der Waals surface area contributed by atoms with E-state index in [9.17, 15) is 13.2 Å². The maximum atomic E-state index is 13.5. The van der Waals surface area contributed by atoms with Crippen LogP contribution in [-0.2, 0) is 14.8 Å². The predicted octanol–water partition coefficient (Wildman–Crippen LogP) is 4.66. The molecule has 33 heavy (non-hydrogen) atoms. The van der Waals surface area contributed by atoms with Crippen molar-refractivity contribution in [2.75, 3.05) is 24.0 Å². The minimum Gasteiger partial charge on any atom is -0.492 e. The Morgan fingerprint density at radius 2 is 1.55 bits per heavy atom. The quantitative estimate of drug-likeness (QED) is 0.446. The summed E-state index contributed by atoms with van der Waals surface area (Å²) in [5.74, 6) is 0.255. The van der Waals surface area contributed by atoms with Crippen LogP contribution < -0.4 is 14.4 Å². The van der Waals surface area contributed by atoms with Crippen molar-refractivity contribution < 1.29 is 17.9 Å². The number of hydrogen-bond acceptors (Lipinski definition) is 4. The van der Waals surface area contributed by atoms with Gasteiger partial charge in [-0.05, 0) is 62.7 Å². The zero-order valence-electron chi connectivity index (χ0n) is 18.8. The summed E-state index contributed by atoms with van der Waals surface area (Å²) >= 11 is 6.15. The summed E-state index contributed by atoms with van der Waals surface area (Å²) in [4.78, 5) is 12.8. The molecule has 0 unspecified atom stereocenters. The number of halogens is 1. The van der Waals surface area contributed by atoms with Crippen molar-refractivity contribution in [3.8, 4) is 5.75 Å². The van der Waals surface area contributed by atoms with Gasteiger partial charge in [0.25, 0.3) is 10.0 Å². The number of aryl methyl sites for hydroxylation is 3. The zero-order valence-corrected chi connectivity index (χ0v) is 20.4. The van der Waals surface area contributed by atoms with Gasteiger partial charge in [-0.15, -0.1) is 0 Å². The maximum absolute atomic E-state index is 13.5. The predicted molar refractivity (Wildman–Crippen MR) is 132 cm³/mol. The highest BCUT2D eigenvalue weighted by atomic mass is 35.5. The Balaban J connectivity index is 1.75. The van der Waals surface area contributed by atoms with Crippen LogP contribution in [0.3, 0.4) is 0 Å². The second kappa shape index (κ2) is 10.7. The highest BCUT2D eigenvalue weighted by Gasteiger charge is 2.28. The van der Waals surface area contributed by atoms with Crippen molar-refractivity contribution >= 4 is 33.2 Å². The standard InChI is InChI=1S/C25H27ClN2O4S/c1-18-4-10-22(11-5-18)32-15-14-27-25(29)17-28(24-16-21(26)9-8-20(24)3)33(30,31)23-12-6-19(2)7-13-23/h4-13,16H,14-15,17H2,1-3H3,(H,27,29). The van der Waals surface area contributed by atoms with Crippen LogP contribution in [0.5, 0.6) is 5.75 Å². The van der Waals surface area contributed by atoms with E-state index in [0.29, 0.717) is 22.0 Å². The van der Waals surface area contributed by atoms with Crippen molar-refractivity contribution in [2.45, 2.75) is 25.7 Å². The van der Waals surface area contributed by atoms with Gasteiger partial charge in [0.2, 0.25) is 5.91 Å². The van der Waals surface area contributed by atoms with Gasteiger partial charge in [-0.3, -0.25) is 9.10 Å². The van der Waals surface area contributed by atoms with Crippen molar-refractivity contribution in [2.24, 2.45) is 0 Å². The van der Waals surface area contributed by atoms with E-state index in [1.165, 1.54) is 12.1 Å². The molecule has 0 aliphatic carbocycles. The molecule has 6 nitrogen and oxygen atoms in total. The van der Waals surface area contributed by atoms with Crippen LogP contribution >= 0.6 is 11.6 Å². The third-order valence-corrected chi connectivity index (χ3v) is 7.06. The minimum absolute atomic E-state index is 0.1000. The molecule has 174 valence electrons. The van der Waals surface area contributed by atoms with E-state index >= 15 is 0 Å². The van der Waals surface area contributed by atoms with Gasteiger partial charge in [0.15, 0.2) is 0 Å². The van der Waals surface area contributed by atoms with Crippen LogP contribution in [0, 0.1) is 20.8 Å². The van der Waals surface area contributed by atoms with Gasteiger partial charge in [0, 0.05) is 5.02 Å². The third kappa shape index (κ3) is 6.49. The number of nitrogens with one attached hydrogen (secondary N) is 1. The van der Waals surface area contributed by atoms with E-state index in [1.54, 1.807) is 37.3 Å². The molecule has 0 bridgehead atoms. The fourth-order valence-electron chi connectivity index (χ4n) is 3.17. The van der Waals surface area contributed by atoms with Gasteiger partial charge in [0.05, 0.1) is 17.1 Å². The monoisotopic (exact) mass is 486 g/mol. The second-order valence-corrected chi connectivity index (χ2v) is 10.1. The average Bonchev–Trinajstić information content (AvgIpc) is 2.78. The summed E-state index contributed by atoms with van der Waals surface area (Å²) in [7, 11) is -4.00. The Morgan fingerprint density at radius 3 is 2.18 bits per heavy atom. The Morgan fingerprint density at radius 1 is 0.939 bits per heavy atom. The molecule has 1 amide bonds. The number of nitrogens with zero attached hydrogens (tertiary/aromatic N) is 1. The first kappa shape index (κ1) is 24.6. The smallest absolute Gasteiger partial charge is 0.264 e. The van der Waals surface area contributed by atoms with Gasteiger partial charge in [0.1, 0.15) is 18.9 Å². The highest BCUT2D eigenvalue weighted by Crippen LogP contribution is 2.29. The second-order valence-electron chi connectivity index (χ2n) is 7.77. The summed E-state index contributed by atoms with van der Waals surface area (Å²) in [6.07, 6.45) is 0. The molecule has 8 heteroatoms. The summed E-state index contributed by atoms with van der Waals surface area (Å²) in [6.45, 7) is 5.75. The van der Waals surface area contributed by atoms with Gasteiger partial charge >= 0.3 is 0 Å². The minimum atomic E-state index is -4.00. The molecule has 0 aromatic heterocycles. The van der Waals surface area contributed by atoms with Crippen molar-refractivity contribution in [3.05, 3.63) is 88.4 Å². The van der Waals surface area contributed by atoms with E-state index in [-0.39, 0.29) is 24.6 Å². The van der Waals surface area contributed by atoms with E-state index in [2.05, 4.69) is 5.32 Å². The number of anilines is 1. The molecular formula is C25H27ClN2O4S. The average molecular weight is 487 g/mol. The molecule has 0 saturated carbocycles. The van der Waals surface area contributed by atoms with Gasteiger partial charge in [-0.1, -0.05) is 53.1 Å². The lowest BCUT2D eigenvalue weighted by molar-refractivity contribution is -0.119. The van der Waals surface area contributed by atoms with E-state index < -0.39 is 15.9 Å². The molecule has 3 rings (SSSR count). The van der Waals surface area contributed by atoms with Crippen LogP contribution in [0.2, 0.25) is 5.02 Å². The summed E-state index contributed by atoms with van der Waals surface area (Å²) in [5, 5.41) is 3.11. The summed E-state index contributed by atoms with van der Waals surface area (Å²) < 4.78 is 33.6. The first-order chi connectivity index (χ1) is 15.7. The molecule has 3 aromatic rings. The molecule has 0 radical (unpaired) electrons. The summed E-state index contributed by atoms with van der Waals surface area (Å²) in [6, 6.07) is 19.1. The molecule has 0 spiro atoms. The lowest BCUT2D eigenvalue weighted by atomic mass is 10.2. The fourth-order valence-corrected chi connectivity index (χ4v) is 4.81. The molecule has 0 saturated heterocycles. The van der Waals surface area contributed by atoms with Crippen LogP contribution in [0.15, 0.2) is 71.6 Å². The van der Waals surface area contributed by atoms with E-state index in [0.717, 1.165) is 15.4 Å². The van der Waals surface area contributed by atoms with Crippen molar-refractivity contribution in [1.82, 2.24) is 5.32 Å². The van der Waals surface area contributed by atoms with Gasteiger partial charge < -0.3 is 10.1 Å². The van der Waals surface area contributed by atoms with E-state index in [1.807, 2.05) is 38.1 Å². The van der Waals surface area contributed by atoms with Crippen molar-refractivity contribution in [3.63, 3.8) is 0 Å². The molecule has 0 heterocycles. The zero-order chi connectivity index (χ0) is 24.0. The number of amides is 1. The van der Waals surface area contributed by atoms with E-state index in [4.69, 9.17) is 16.3 Å². The van der Waals surface area contributed by atoms with Crippen LogP contribution in [0.25, 0.3) is 0 Å². The van der Waals surface area contributed by atoms with Gasteiger partial charge in [-0.25, -0.2) is 8.42 Å². The first-order valence-corrected chi connectivity index (χ1v) is 12.3.